The first-order valence-electron chi connectivity index (χ1n) is 11.6. The lowest BCUT2D eigenvalue weighted by Crippen LogP contribution is -2.30. The van der Waals surface area contributed by atoms with Crippen LogP contribution in [0, 0.1) is 5.92 Å². The van der Waals surface area contributed by atoms with Gasteiger partial charge in [-0.1, -0.05) is 13.8 Å². The number of methoxy groups -OCH3 is 2. The lowest BCUT2D eigenvalue weighted by atomic mass is 10.1. The highest BCUT2D eigenvalue weighted by atomic mass is 16.5. The number of amides is 1. The summed E-state index contributed by atoms with van der Waals surface area (Å²) in [5.74, 6) is 1.77. The highest BCUT2D eigenvalue weighted by Gasteiger charge is 2.22. The van der Waals surface area contributed by atoms with E-state index in [1.54, 1.807) is 29.8 Å². The lowest BCUT2D eigenvalue weighted by Gasteiger charge is -2.12. The van der Waals surface area contributed by atoms with Gasteiger partial charge in [-0.25, -0.2) is 0 Å². The summed E-state index contributed by atoms with van der Waals surface area (Å²) in [6.45, 7) is 4.78. The maximum atomic E-state index is 13.8. The average molecular weight is 474 g/mol. The summed E-state index contributed by atoms with van der Waals surface area (Å²) in [5, 5.41) is 5.70. The second kappa shape index (κ2) is 8.94. The summed E-state index contributed by atoms with van der Waals surface area (Å²) in [7, 11) is 3.06. The number of fused-ring (bicyclic) bond motifs is 5. The molecule has 3 heterocycles. The second-order valence-corrected chi connectivity index (χ2v) is 8.92. The van der Waals surface area contributed by atoms with Crippen molar-refractivity contribution < 1.29 is 19.0 Å². The molecule has 1 amide bonds. The molecule has 8 nitrogen and oxygen atoms in total. The standard InChI is InChI=1S/C27H27N3O5/c1-15(2)9-11-28-22(31)14-35-16-5-7-20-19(13-16)17-10-12-29-24-18-6-8-21(33-3)26(34-4)23(18)27(32)30(20)25(17)24/h5-8,10,12-13,15H,9,11,14H2,1-4H3,(H,28,31). The highest BCUT2D eigenvalue weighted by Crippen LogP contribution is 2.39. The van der Waals surface area contributed by atoms with Crippen LogP contribution in [0.1, 0.15) is 20.3 Å². The van der Waals surface area contributed by atoms with Crippen LogP contribution < -0.4 is 25.1 Å². The highest BCUT2D eigenvalue weighted by molar-refractivity contribution is 6.19. The number of hydrogen-bond acceptors (Lipinski definition) is 6. The number of pyridine rings is 2. The van der Waals surface area contributed by atoms with Gasteiger partial charge in [0.05, 0.1) is 36.2 Å². The maximum Gasteiger partial charge on any atom is 0.267 e. The van der Waals surface area contributed by atoms with Gasteiger partial charge in [0.2, 0.25) is 0 Å². The fourth-order valence-electron chi connectivity index (χ4n) is 4.59. The predicted molar refractivity (Wildman–Crippen MR) is 136 cm³/mol. The van der Waals surface area contributed by atoms with Crippen LogP contribution in [0.2, 0.25) is 0 Å². The molecular formula is C27H27N3O5. The molecule has 0 aliphatic heterocycles. The van der Waals surface area contributed by atoms with Crippen LogP contribution in [0.4, 0.5) is 0 Å². The molecule has 8 heteroatoms. The molecule has 0 saturated heterocycles. The van der Waals surface area contributed by atoms with E-state index in [1.165, 1.54) is 7.11 Å². The first-order chi connectivity index (χ1) is 16.9. The van der Waals surface area contributed by atoms with E-state index in [1.807, 2.05) is 24.3 Å². The molecule has 5 aromatic rings. The zero-order chi connectivity index (χ0) is 24.7. The summed E-state index contributed by atoms with van der Waals surface area (Å²) >= 11 is 0. The van der Waals surface area contributed by atoms with Crippen molar-refractivity contribution in [3.05, 3.63) is 52.9 Å². The minimum Gasteiger partial charge on any atom is -0.493 e. The van der Waals surface area contributed by atoms with Crippen LogP contribution >= 0.6 is 0 Å². The number of carbonyl (C=O) groups is 1. The number of nitrogens with one attached hydrogen (secondary N) is 1. The van der Waals surface area contributed by atoms with Crippen molar-refractivity contribution >= 4 is 44.0 Å². The fraction of sp³-hybridized carbons (Fsp3) is 0.296. The van der Waals surface area contributed by atoms with Gasteiger partial charge in [-0.3, -0.25) is 19.0 Å². The van der Waals surface area contributed by atoms with E-state index in [0.29, 0.717) is 46.0 Å². The smallest absolute Gasteiger partial charge is 0.267 e. The Balaban J connectivity index is 1.63. The van der Waals surface area contributed by atoms with Crippen LogP contribution in [0.5, 0.6) is 17.2 Å². The van der Waals surface area contributed by atoms with Gasteiger partial charge in [0.15, 0.2) is 18.1 Å². The quantitative estimate of drug-likeness (QED) is 0.341. The number of aromatic nitrogens is 2. The number of nitrogens with zero attached hydrogens (tertiary/aromatic N) is 2. The van der Waals surface area contributed by atoms with Gasteiger partial charge >= 0.3 is 0 Å². The zero-order valence-electron chi connectivity index (χ0n) is 20.2. The first kappa shape index (κ1) is 22.7. The van der Waals surface area contributed by atoms with Gasteiger partial charge in [0.1, 0.15) is 5.75 Å². The van der Waals surface area contributed by atoms with Crippen LogP contribution in [0.25, 0.3) is 38.1 Å². The molecule has 0 radical (unpaired) electrons. The third-order valence-corrected chi connectivity index (χ3v) is 6.28. The molecule has 2 aromatic carbocycles. The molecule has 1 N–H and O–H groups in total. The van der Waals surface area contributed by atoms with Crippen LogP contribution in [0.3, 0.4) is 0 Å². The molecular weight excluding hydrogens is 446 g/mol. The van der Waals surface area contributed by atoms with E-state index in [-0.39, 0.29) is 18.1 Å². The van der Waals surface area contributed by atoms with Crippen molar-refractivity contribution in [1.29, 1.82) is 0 Å². The van der Waals surface area contributed by atoms with Gasteiger partial charge in [-0.05, 0) is 48.7 Å². The molecule has 0 saturated carbocycles. The third kappa shape index (κ3) is 3.75. The van der Waals surface area contributed by atoms with Crippen LogP contribution in [-0.2, 0) is 4.79 Å². The van der Waals surface area contributed by atoms with Crippen LogP contribution in [-0.4, -0.2) is 42.7 Å². The summed E-state index contributed by atoms with van der Waals surface area (Å²) in [6, 6.07) is 11.0. The Bertz CT molecular complexity index is 1620. The summed E-state index contributed by atoms with van der Waals surface area (Å²) < 4.78 is 18.4. The SMILES string of the molecule is COc1ccc2c(c1OC)c(=O)n1c3ccc(OCC(=O)NCCC(C)C)cc3c3ccnc2c31. The molecule has 5 rings (SSSR count). The van der Waals surface area contributed by atoms with Crippen LogP contribution in [0.15, 0.2) is 47.4 Å². The molecule has 3 aromatic heterocycles. The Hall–Kier alpha value is -4.07. The maximum absolute atomic E-state index is 13.8. The Kier molecular flexibility index (Phi) is 5.80. The van der Waals surface area contributed by atoms with Gasteiger partial charge in [0.25, 0.3) is 11.5 Å². The van der Waals surface area contributed by atoms with Crippen molar-refractivity contribution in [2.24, 2.45) is 5.92 Å². The molecule has 180 valence electrons. The van der Waals surface area contributed by atoms with E-state index < -0.39 is 0 Å². The van der Waals surface area contributed by atoms with Gasteiger partial charge in [0, 0.05) is 28.9 Å². The Morgan fingerprint density at radius 3 is 2.63 bits per heavy atom. The fourth-order valence-corrected chi connectivity index (χ4v) is 4.59. The summed E-state index contributed by atoms with van der Waals surface area (Å²) in [4.78, 5) is 30.5. The molecule has 0 aliphatic carbocycles. The normalized spacial score (nSPS) is 11.7. The first-order valence-corrected chi connectivity index (χ1v) is 11.6. The number of hydrogen-bond donors (Lipinski definition) is 1. The van der Waals surface area contributed by atoms with Gasteiger partial charge in [-0.2, -0.15) is 0 Å². The monoisotopic (exact) mass is 473 g/mol. The lowest BCUT2D eigenvalue weighted by molar-refractivity contribution is -0.123. The van der Waals surface area contributed by atoms with E-state index >= 15 is 0 Å². The Morgan fingerprint density at radius 2 is 1.89 bits per heavy atom. The van der Waals surface area contributed by atoms with E-state index in [9.17, 15) is 9.59 Å². The molecule has 0 fully saturated rings. The number of carbonyl (C=O) groups excluding carboxylic acids is 1. The van der Waals surface area contributed by atoms with Crippen molar-refractivity contribution in [2.45, 2.75) is 20.3 Å². The van der Waals surface area contributed by atoms with Gasteiger partial charge < -0.3 is 19.5 Å². The molecule has 0 atom stereocenters. The molecule has 35 heavy (non-hydrogen) atoms. The van der Waals surface area contributed by atoms with E-state index in [4.69, 9.17) is 14.2 Å². The zero-order valence-corrected chi connectivity index (χ0v) is 20.2. The van der Waals surface area contributed by atoms with E-state index in [0.717, 1.165) is 28.2 Å². The van der Waals surface area contributed by atoms with Crippen molar-refractivity contribution in [2.75, 3.05) is 27.4 Å². The largest absolute Gasteiger partial charge is 0.493 e. The minimum absolute atomic E-state index is 0.0730. The Labute approximate surface area is 201 Å². The van der Waals surface area contributed by atoms with Crippen molar-refractivity contribution in [1.82, 2.24) is 14.7 Å². The third-order valence-electron chi connectivity index (χ3n) is 6.28. The molecule has 0 bridgehead atoms. The Morgan fingerprint density at radius 1 is 1.06 bits per heavy atom. The van der Waals surface area contributed by atoms with Crippen molar-refractivity contribution in [3.63, 3.8) is 0 Å². The molecule has 0 unspecified atom stereocenters. The number of ether oxygens (including phenoxy) is 3. The molecule has 0 aliphatic rings. The summed E-state index contributed by atoms with van der Waals surface area (Å²) in [6.07, 6.45) is 2.65. The number of benzene rings is 2. The summed E-state index contributed by atoms with van der Waals surface area (Å²) in [5.41, 5.74) is 1.94. The van der Waals surface area contributed by atoms with E-state index in [2.05, 4.69) is 24.1 Å². The van der Waals surface area contributed by atoms with Crippen molar-refractivity contribution in [3.8, 4) is 17.2 Å². The second-order valence-electron chi connectivity index (χ2n) is 8.92. The number of rotatable bonds is 8. The minimum atomic E-state index is -0.213. The predicted octanol–water partition coefficient (Wildman–Crippen LogP) is 4.15. The topological polar surface area (TPSA) is 91.2 Å². The molecule has 0 spiro atoms. The average Bonchev–Trinajstić information content (AvgIpc) is 3.19. The van der Waals surface area contributed by atoms with Gasteiger partial charge in [-0.15, -0.1) is 0 Å².